The van der Waals surface area contributed by atoms with Gasteiger partial charge in [0, 0.05) is 18.6 Å². The van der Waals surface area contributed by atoms with Gasteiger partial charge >= 0.3 is 0 Å². The van der Waals surface area contributed by atoms with Crippen molar-refractivity contribution in [3.05, 3.63) is 29.0 Å². The van der Waals surface area contributed by atoms with E-state index in [1.807, 2.05) is 12.3 Å². The third kappa shape index (κ3) is 2.89. The largest absolute Gasteiger partial charge is 0.345 e. The highest BCUT2D eigenvalue weighted by Gasteiger charge is 2.19. The molecule has 0 saturated carbocycles. The van der Waals surface area contributed by atoms with Crippen LogP contribution in [0.1, 0.15) is 16.2 Å². The van der Waals surface area contributed by atoms with Gasteiger partial charge in [-0.2, -0.15) is 0 Å². The lowest BCUT2D eigenvalue weighted by molar-refractivity contribution is 0.101. The molecule has 0 atom stereocenters. The summed E-state index contributed by atoms with van der Waals surface area (Å²) in [4.78, 5) is 16.3. The van der Waals surface area contributed by atoms with E-state index in [0.717, 1.165) is 5.69 Å². The van der Waals surface area contributed by atoms with E-state index in [9.17, 15) is 13.2 Å². The van der Waals surface area contributed by atoms with Crippen LogP contribution >= 0.6 is 11.3 Å². The van der Waals surface area contributed by atoms with E-state index in [1.54, 1.807) is 7.05 Å². The van der Waals surface area contributed by atoms with Crippen molar-refractivity contribution in [3.8, 4) is 0 Å². The minimum Gasteiger partial charge on any atom is -0.345 e. The van der Waals surface area contributed by atoms with E-state index in [0.29, 0.717) is 5.13 Å². The lowest BCUT2D eigenvalue weighted by Gasteiger charge is -2.02. The van der Waals surface area contributed by atoms with Crippen LogP contribution in [-0.2, 0) is 17.1 Å². The van der Waals surface area contributed by atoms with Crippen LogP contribution in [0.15, 0.2) is 22.5 Å². The van der Waals surface area contributed by atoms with Crippen molar-refractivity contribution < 1.29 is 13.2 Å². The molecule has 1 amide bonds. The van der Waals surface area contributed by atoms with Crippen molar-refractivity contribution in [2.24, 2.45) is 7.05 Å². The Bertz CT molecular complexity index is 746. The molecule has 2 N–H and O–H groups in total. The van der Waals surface area contributed by atoms with E-state index in [4.69, 9.17) is 0 Å². The topological polar surface area (TPSA) is 93.1 Å². The van der Waals surface area contributed by atoms with Crippen LogP contribution in [0.2, 0.25) is 0 Å². The molecule has 0 aliphatic rings. The summed E-state index contributed by atoms with van der Waals surface area (Å²) < 4.78 is 27.0. The summed E-state index contributed by atoms with van der Waals surface area (Å²) in [5, 5.41) is 4.93. The van der Waals surface area contributed by atoms with Crippen LogP contribution in [0.3, 0.4) is 0 Å². The van der Waals surface area contributed by atoms with Gasteiger partial charge < -0.3 is 4.57 Å². The number of aryl methyl sites for hydroxylation is 2. The molecule has 0 spiro atoms. The zero-order valence-electron chi connectivity index (χ0n) is 11.2. The monoisotopic (exact) mass is 314 g/mol. The first-order chi connectivity index (χ1) is 9.33. The van der Waals surface area contributed by atoms with Gasteiger partial charge in [-0.25, -0.2) is 18.1 Å². The Hall–Kier alpha value is -1.71. The highest BCUT2D eigenvalue weighted by molar-refractivity contribution is 7.89. The molecule has 2 heterocycles. The number of thiazole rings is 1. The fourth-order valence-electron chi connectivity index (χ4n) is 1.60. The van der Waals surface area contributed by atoms with Crippen molar-refractivity contribution >= 4 is 32.4 Å². The van der Waals surface area contributed by atoms with Crippen LogP contribution in [0.5, 0.6) is 0 Å². The third-order valence-electron chi connectivity index (χ3n) is 2.63. The SMILES string of the molecule is CNS(=O)(=O)c1cc(C(=O)Nc2nc(C)cs2)n(C)c1. The van der Waals surface area contributed by atoms with Gasteiger partial charge in [0.2, 0.25) is 10.0 Å². The summed E-state index contributed by atoms with van der Waals surface area (Å²) in [6.07, 6.45) is 1.38. The third-order valence-corrected chi connectivity index (χ3v) is 4.89. The maximum atomic E-state index is 12.1. The standard InChI is InChI=1S/C11H14N4O3S2/c1-7-6-19-11(13-7)14-10(16)9-4-8(5-15(9)3)20(17,18)12-2/h4-6,12H,1-3H3,(H,13,14,16). The number of rotatable bonds is 4. The van der Waals surface area contributed by atoms with Crippen LogP contribution < -0.4 is 10.0 Å². The first kappa shape index (κ1) is 14.7. The predicted octanol–water partition coefficient (Wildman–Crippen LogP) is 0.950. The van der Waals surface area contributed by atoms with Crippen LogP contribution in [0.25, 0.3) is 0 Å². The number of amides is 1. The molecule has 0 radical (unpaired) electrons. The normalized spacial score (nSPS) is 11.6. The quantitative estimate of drug-likeness (QED) is 0.878. The lowest BCUT2D eigenvalue weighted by atomic mass is 10.4. The molecule has 20 heavy (non-hydrogen) atoms. The smallest absolute Gasteiger partial charge is 0.274 e. The zero-order valence-corrected chi connectivity index (χ0v) is 12.8. The molecular formula is C11H14N4O3S2. The molecule has 7 nitrogen and oxygen atoms in total. The average molecular weight is 314 g/mol. The summed E-state index contributed by atoms with van der Waals surface area (Å²) in [6.45, 7) is 1.83. The molecule has 108 valence electrons. The van der Waals surface area contributed by atoms with Crippen LogP contribution in [-0.4, -0.2) is 30.9 Å². The number of nitrogens with one attached hydrogen (secondary N) is 2. The van der Waals surface area contributed by atoms with Gasteiger partial charge in [0.1, 0.15) is 10.6 Å². The molecule has 0 aliphatic carbocycles. The maximum absolute atomic E-state index is 12.1. The second-order valence-corrected chi connectivity index (χ2v) is 6.87. The molecule has 2 rings (SSSR count). The number of hydrogen-bond acceptors (Lipinski definition) is 5. The number of hydrogen-bond donors (Lipinski definition) is 2. The molecule has 0 unspecified atom stereocenters. The van der Waals surface area contributed by atoms with Crippen molar-refractivity contribution in [2.45, 2.75) is 11.8 Å². The second kappa shape index (κ2) is 5.35. The first-order valence-corrected chi connectivity index (χ1v) is 8.03. The highest BCUT2D eigenvalue weighted by Crippen LogP contribution is 2.18. The first-order valence-electron chi connectivity index (χ1n) is 5.67. The van der Waals surface area contributed by atoms with Gasteiger partial charge in [-0.05, 0) is 20.0 Å². The van der Waals surface area contributed by atoms with E-state index in [2.05, 4.69) is 15.0 Å². The molecule has 0 aliphatic heterocycles. The fraction of sp³-hybridized carbons (Fsp3) is 0.273. The van der Waals surface area contributed by atoms with Gasteiger partial charge in [-0.1, -0.05) is 0 Å². The molecule has 0 saturated heterocycles. The highest BCUT2D eigenvalue weighted by atomic mass is 32.2. The molecule has 0 bridgehead atoms. The minimum atomic E-state index is -3.57. The van der Waals surface area contributed by atoms with E-state index >= 15 is 0 Å². The van der Waals surface area contributed by atoms with Gasteiger partial charge in [0.15, 0.2) is 5.13 Å². The summed E-state index contributed by atoms with van der Waals surface area (Å²) in [5.41, 5.74) is 1.06. The van der Waals surface area contributed by atoms with Crippen LogP contribution in [0.4, 0.5) is 5.13 Å². The Labute approximate surface area is 120 Å². The number of aromatic nitrogens is 2. The summed E-state index contributed by atoms with van der Waals surface area (Å²) in [7, 11) is -0.638. The molecule has 0 aromatic carbocycles. The molecule has 2 aromatic rings. The van der Waals surface area contributed by atoms with Crippen molar-refractivity contribution in [3.63, 3.8) is 0 Å². The average Bonchev–Trinajstić information content (AvgIpc) is 2.96. The van der Waals surface area contributed by atoms with E-state index in [1.165, 1.54) is 35.2 Å². The number of anilines is 1. The molecule has 0 fully saturated rings. The minimum absolute atomic E-state index is 0.0444. The summed E-state index contributed by atoms with van der Waals surface area (Å²) in [6, 6.07) is 1.32. The zero-order chi connectivity index (χ0) is 14.9. The van der Waals surface area contributed by atoms with Gasteiger partial charge in [-0.3, -0.25) is 10.1 Å². The van der Waals surface area contributed by atoms with E-state index in [-0.39, 0.29) is 10.6 Å². The Kier molecular flexibility index (Phi) is 3.93. The Morgan fingerprint density at radius 3 is 2.70 bits per heavy atom. The van der Waals surface area contributed by atoms with Crippen molar-refractivity contribution in [2.75, 3.05) is 12.4 Å². The summed E-state index contributed by atoms with van der Waals surface area (Å²) in [5.74, 6) is -0.403. The Balaban J connectivity index is 2.27. The Morgan fingerprint density at radius 2 is 2.15 bits per heavy atom. The summed E-state index contributed by atoms with van der Waals surface area (Å²) >= 11 is 1.31. The van der Waals surface area contributed by atoms with Crippen molar-refractivity contribution in [1.29, 1.82) is 0 Å². The second-order valence-electron chi connectivity index (χ2n) is 4.13. The number of carbonyl (C=O) groups excluding carboxylic acids is 1. The molecule has 2 aromatic heterocycles. The number of nitrogens with zero attached hydrogens (tertiary/aromatic N) is 2. The maximum Gasteiger partial charge on any atom is 0.274 e. The van der Waals surface area contributed by atoms with Gasteiger partial charge in [0.05, 0.1) is 5.69 Å². The number of carbonyl (C=O) groups is 1. The van der Waals surface area contributed by atoms with Gasteiger partial charge in [-0.15, -0.1) is 11.3 Å². The molecular weight excluding hydrogens is 300 g/mol. The lowest BCUT2D eigenvalue weighted by Crippen LogP contribution is -2.18. The fourth-order valence-corrected chi connectivity index (χ4v) is 3.08. The Morgan fingerprint density at radius 1 is 1.45 bits per heavy atom. The van der Waals surface area contributed by atoms with Crippen LogP contribution in [0, 0.1) is 6.92 Å². The predicted molar refractivity (Wildman–Crippen MR) is 76.5 cm³/mol. The van der Waals surface area contributed by atoms with Gasteiger partial charge in [0.25, 0.3) is 5.91 Å². The van der Waals surface area contributed by atoms with Crippen molar-refractivity contribution in [1.82, 2.24) is 14.3 Å². The molecule has 9 heteroatoms. The number of sulfonamides is 1. The van der Waals surface area contributed by atoms with E-state index < -0.39 is 15.9 Å².